The molecule has 2 heterocycles. The SMILES string of the molecule is COc1cccc2[nH]c(C(=O)N3CC4CCCCC4CC3(C)C)cc12. The first-order valence-corrected chi connectivity index (χ1v) is 9.47. The predicted molar refractivity (Wildman–Crippen MR) is 100 cm³/mol. The highest BCUT2D eigenvalue weighted by atomic mass is 16.5. The van der Waals surface area contributed by atoms with Crippen LogP contribution >= 0.6 is 0 Å². The van der Waals surface area contributed by atoms with E-state index in [1.54, 1.807) is 7.11 Å². The fraction of sp³-hybridized carbons (Fsp3) is 0.571. The molecule has 1 N–H and O–H groups in total. The van der Waals surface area contributed by atoms with Crippen LogP contribution in [0.4, 0.5) is 0 Å². The van der Waals surface area contributed by atoms with E-state index in [4.69, 9.17) is 4.74 Å². The van der Waals surface area contributed by atoms with Crippen molar-refractivity contribution in [1.82, 2.24) is 9.88 Å². The molecule has 4 nitrogen and oxygen atoms in total. The maximum Gasteiger partial charge on any atom is 0.270 e. The molecular formula is C21H28N2O2. The van der Waals surface area contributed by atoms with Crippen molar-refractivity contribution in [3.63, 3.8) is 0 Å². The van der Waals surface area contributed by atoms with Crippen molar-refractivity contribution >= 4 is 16.8 Å². The standard InChI is InChI=1S/C21H28N2O2/c1-21(2)12-14-7-4-5-8-15(14)13-23(21)20(24)18-11-16-17(22-18)9-6-10-19(16)25-3/h6,9-11,14-15,22H,4-5,7-8,12-13H2,1-3H3. The molecule has 2 atom stereocenters. The van der Waals surface area contributed by atoms with Crippen LogP contribution in [0.3, 0.4) is 0 Å². The molecule has 1 saturated heterocycles. The van der Waals surface area contributed by atoms with Gasteiger partial charge in [-0.1, -0.05) is 25.3 Å². The van der Waals surface area contributed by atoms with E-state index in [0.29, 0.717) is 11.6 Å². The summed E-state index contributed by atoms with van der Waals surface area (Å²) in [4.78, 5) is 18.7. The van der Waals surface area contributed by atoms with Crippen molar-refractivity contribution in [3.05, 3.63) is 30.0 Å². The molecule has 0 radical (unpaired) electrons. The zero-order valence-corrected chi connectivity index (χ0v) is 15.5. The van der Waals surface area contributed by atoms with E-state index in [2.05, 4.69) is 23.7 Å². The van der Waals surface area contributed by atoms with Gasteiger partial charge in [-0.15, -0.1) is 0 Å². The summed E-state index contributed by atoms with van der Waals surface area (Å²) in [5.41, 5.74) is 1.53. The van der Waals surface area contributed by atoms with Crippen LogP contribution in [0, 0.1) is 11.8 Å². The lowest BCUT2D eigenvalue weighted by atomic mass is 9.69. The van der Waals surface area contributed by atoms with Crippen LogP contribution in [0.5, 0.6) is 5.75 Å². The average Bonchev–Trinajstić information content (AvgIpc) is 3.04. The van der Waals surface area contributed by atoms with Crippen molar-refractivity contribution in [2.24, 2.45) is 11.8 Å². The highest BCUT2D eigenvalue weighted by molar-refractivity contribution is 6.00. The summed E-state index contributed by atoms with van der Waals surface area (Å²) < 4.78 is 5.43. The van der Waals surface area contributed by atoms with Gasteiger partial charge < -0.3 is 14.6 Å². The van der Waals surface area contributed by atoms with E-state index in [1.807, 2.05) is 24.3 Å². The summed E-state index contributed by atoms with van der Waals surface area (Å²) in [7, 11) is 1.67. The topological polar surface area (TPSA) is 45.3 Å². The lowest BCUT2D eigenvalue weighted by molar-refractivity contribution is -0.00173. The zero-order valence-electron chi connectivity index (χ0n) is 15.5. The molecule has 1 saturated carbocycles. The Balaban J connectivity index is 1.65. The van der Waals surface area contributed by atoms with Crippen molar-refractivity contribution in [2.45, 2.75) is 51.5 Å². The molecule has 2 aliphatic rings. The van der Waals surface area contributed by atoms with Crippen LogP contribution in [0.2, 0.25) is 0 Å². The van der Waals surface area contributed by atoms with Gasteiger partial charge in [-0.2, -0.15) is 0 Å². The van der Waals surface area contributed by atoms with Gasteiger partial charge in [0.15, 0.2) is 0 Å². The third-order valence-corrected chi connectivity index (χ3v) is 6.30. The van der Waals surface area contributed by atoms with Crippen LogP contribution < -0.4 is 4.74 Å². The second-order valence-corrected chi connectivity index (χ2v) is 8.34. The number of piperidine rings is 1. The lowest BCUT2D eigenvalue weighted by Gasteiger charge is -2.50. The number of nitrogens with zero attached hydrogens (tertiary/aromatic N) is 1. The summed E-state index contributed by atoms with van der Waals surface area (Å²) in [5, 5.41) is 0.971. The number of aromatic amines is 1. The first kappa shape index (κ1) is 16.5. The quantitative estimate of drug-likeness (QED) is 0.868. The fourth-order valence-electron chi connectivity index (χ4n) is 4.95. The Morgan fingerprint density at radius 2 is 2.00 bits per heavy atom. The number of methoxy groups -OCH3 is 1. The van der Waals surface area contributed by atoms with Gasteiger partial charge in [-0.25, -0.2) is 0 Å². The number of ether oxygens (including phenoxy) is 1. The number of aromatic nitrogens is 1. The number of likely N-dealkylation sites (tertiary alicyclic amines) is 1. The molecule has 2 unspecified atom stereocenters. The van der Waals surface area contributed by atoms with Gasteiger partial charge in [0.2, 0.25) is 0 Å². The molecule has 1 aliphatic heterocycles. The molecule has 1 amide bonds. The molecule has 1 aromatic carbocycles. The Bertz CT molecular complexity index is 792. The highest BCUT2D eigenvalue weighted by Crippen LogP contribution is 2.43. The van der Waals surface area contributed by atoms with Crippen LogP contribution in [0.25, 0.3) is 10.9 Å². The molecule has 2 fully saturated rings. The molecule has 134 valence electrons. The molecule has 4 rings (SSSR count). The van der Waals surface area contributed by atoms with Gasteiger partial charge >= 0.3 is 0 Å². The van der Waals surface area contributed by atoms with Gasteiger partial charge in [0.1, 0.15) is 11.4 Å². The number of rotatable bonds is 2. The number of amides is 1. The van der Waals surface area contributed by atoms with E-state index >= 15 is 0 Å². The van der Waals surface area contributed by atoms with E-state index in [-0.39, 0.29) is 11.4 Å². The van der Waals surface area contributed by atoms with Gasteiger partial charge in [-0.05, 0) is 56.7 Å². The minimum absolute atomic E-state index is 0.0863. The number of carbonyl (C=O) groups excluding carboxylic acids is 1. The fourth-order valence-corrected chi connectivity index (χ4v) is 4.95. The number of fused-ring (bicyclic) bond motifs is 2. The smallest absolute Gasteiger partial charge is 0.270 e. The van der Waals surface area contributed by atoms with Crippen molar-refractivity contribution in [1.29, 1.82) is 0 Å². The minimum Gasteiger partial charge on any atom is -0.496 e. The molecule has 1 aromatic heterocycles. The Labute approximate surface area is 149 Å². The second-order valence-electron chi connectivity index (χ2n) is 8.34. The normalized spacial score (nSPS) is 25.6. The maximum absolute atomic E-state index is 13.3. The summed E-state index contributed by atoms with van der Waals surface area (Å²) in [6, 6.07) is 7.82. The summed E-state index contributed by atoms with van der Waals surface area (Å²) in [6.07, 6.45) is 6.39. The third kappa shape index (κ3) is 2.82. The molecule has 1 aliphatic carbocycles. The monoisotopic (exact) mass is 340 g/mol. The number of hydrogen-bond donors (Lipinski definition) is 1. The number of carbonyl (C=O) groups is 1. The summed E-state index contributed by atoms with van der Waals surface area (Å²) in [5.74, 6) is 2.38. The van der Waals surface area contributed by atoms with E-state index in [9.17, 15) is 4.79 Å². The maximum atomic E-state index is 13.3. The summed E-state index contributed by atoms with van der Waals surface area (Å²) >= 11 is 0. The minimum atomic E-state index is -0.0863. The lowest BCUT2D eigenvalue weighted by Crippen LogP contribution is -2.56. The number of nitrogens with one attached hydrogen (secondary N) is 1. The number of H-pyrrole nitrogens is 1. The molecule has 25 heavy (non-hydrogen) atoms. The van der Waals surface area contributed by atoms with Crippen molar-refractivity contribution < 1.29 is 9.53 Å². The second kappa shape index (κ2) is 6.08. The molecule has 2 aromatic rings. The summed E-state index contributed by atoms with van der Waals surface area (Å²) in [6.45, 7) is 5.33. The van der Waals surface area contributed by atoms with Crippen molar-refractivity contribution in [3.8, 4) is 5.75 Å². The van der Waals surface area contributed by atoms with Crippen molar-refractivity contribution in [2.75, 3.05) is 13.7 Å². The molecule has 0 spiro atoms. The van der Waals surface area contributed by atoms with Gasteiger partial charge in [0.05, 0.1) is 7.11 Å². The highest BCUT2D eigenvalue weighted by Gasteiger charge is 2.43. The number of benzene rings is 1. The first-order chi connectivity index (χ1) is 12.0. The zero-order chi connectivity index (χ0) is 17.6. The first-order valence-electron chi connectivity index (χ1n) is 9.47. The molecule has 4 heteroatoms. The Morgan fingerprint density at radius 1 is 1.24 bits per heavy atom. The Kier molecular flexibility index (Phi) is 4.01. The average molecular weight is 340 g/mol. The van der Waals surface area contributed by atoms with Crippen LogP contribution in [0.1, 0.15) is 56.4 Å². The van der Waals surface area contributed by atoms with Crippen LogP contribution in [0.15, 0.2) is 24.3 Å². The van der Waals surface area contributed by atoms with Gasteiger partial charge in [0, 0.05) is 23.0 Å². The third-order valence-electron chi connectivity index (χ3n) is 6.30. The molecule has 0 bridgehead atoms. The van der Waals surface area contributed by atoms with E-state index in [0.717, 1.165) is 35.5 Å². The van der Waals surface area contributed by atoms with Gasteiger partial charge in [0.25, 0.3) is 5.91 Å². The van der Waals surface area contributed by atoms with Crippen LogP contribution in [-0.4, -0.2) is 35.0 Å². The molecular weight excluding hydrogens is 312 g/mol. The Morgan fingerprint density at radius 3 is 2.76 bits per heavy atom. The number of hydrogen-bond acceptors (Lipinski definition) is 2. The Hall–Kier alpha value is -1.97. The van der Waals surface area contributed by atoms with E-state index < -0.39 is 0 Å². The predicted octanol–water partition coefficient (Wildman–Crippen LogP) is 4.61. The largest absolute Gasteiger partial charge is 0.496 e. The van der Waals surface area contributed by atoms with E-state index in [1.165, 1.54) is 25.7 Å². The van der Waals surface area contributed by atoms with Crippen LogP contribution in [-0.2, 0) is 0 Å². The van der Waals surface area contributed by atoms with Gasteiger partial charge in [-0.3, -0.25) is 4.79 Å².